The van der Waals surface area contributed by atoms with Crippen LogP contribution in [0.2, 0.25) is 0 Å². The van der Waals surface area contributed by atoms with Gasteiger partial charge in [0.2, 0.25) is 0 Å². The van der Waals surface area contributed by atoms with Gasteiger partial charge in [-0.1, -0.05) is 0 Å². The van der Waals surface area contributed by atoms with Crippen molar-refractivity contribution in [3.05, 3.63) is 0 Å². The second-order valence-corrected chi connectivity index (χ2v) is 0.500. The first kappa shape index (κ1) is 276. The molecule has 0 aromatic heterocycles. The second-order valence-electron chi connectivity index (χ2n) is 0.500. The van der Waals surface area contributed by atoms with Crippen LogP contribution in [-0.4, -0.2) is 67.1 Å². The van der Waals surface area contributed by atoms with Crippen LogP contribution in [0, 0.1) is 0 Å². The van der Waals surface area contributed by atoms with Crippen LogP contribution in [0.5, 0.6) is 0 Å². The summed E-state index contributed by atoms with van der Waals surface area (Å²) in [5, 5.41) is 33.3. The van der Waals surface area contributed by atoms with Crippen molar-refractivity contribution in [1.82, 2.24) is 0 Å². The summed E-state index contributed by atoms with van der Waals surface area (Å²) in [6.45, 7) is 0. The topological polar surface area (TPSA) is 441 Å². The maximum absolute atomic E-state index is 8.33. The summed E-state index contributed by atoms with van der Waals surface area (Å²) in [4.78, 5) is 16.7. The van der Waals surface area contributed by atoms with Gasteiger partial charge in [0.15, 0.2) is 0 Å². The van der Waals surface area contributed by atoms with Crippen LogP contribution in [0.25, 0.3) is 0 Å². The quantitative estimate of drug-likeness (QED) is 0.245. The average Bonchev–Trinajstić information content (AvgIpc) is 1.25. The Labute approximate surface area is 179 Å². The first-order chi connectivity index (χ1) is 3.46. The van der Waals surface area contributed by atoms with Crippen molar-refractivity contribution in [3.8, 4) is 0 Å². The molecule has 0 saturated heterocycles. The maximum Gasteiger partial charge on any atom is 2.00 e. The van der Waals surface area contributed by atoms with E-state index in [9.17, 15) is 0 Å². The molecule has 16 nitrogen and oxygen atoms in total. The molecule has 21 heteroatoms. The van der Waals surface area contributed by atoms with Crippen LogP contribution in [0.15, 0.2) is 0 Å². The van der Waals surface area contributed by atoms with Gasteiger partial charge in [0.05, 0.1) is 0 Å². The van der Waals surface area contributed by atoms with E-state index in [1.54, 1.807) is 0 Å². The average molecular weight is 594 g/mol. The van der Waals surface area contributed by atoms with Crippen LogP contribution in [-0.2, 0) is 82.5 Å². The van der Waals surface area contributed by atoms with Crippen molar-refractivity contribution < 1.29 is 167 Å². The van der Waals surface area contributed by atoms with Crippen LogP contribution >= 0.6 is 0 Å². The molecule has 0 fully saturated rings. The minimum Gasteiger partial charge on any atom is -0.652 e. The zero-order chi connectivity index (χ0) is 7.15. The predicted molar refractivity (Wildman–Crippen MR) is 46.9 cm³/mol. The molecule has 174 valence electrons. The largest absolute Gasteiger partial charge is 2.00 e. The van der Waals surface area contributed by atoms with Gasteiger partial charge >= 0.3 is 33.0 Å². The Hall–Kier alpha value is 0.608. The Bertz CT molecular complexity index is 84.5. The van der Waals surface area contributed by atoms with Crippen molar-refractivity contribution in [1.29, 1.82) is 0 Å². The number of carbonyl (C=O) groups is 2. The molecule has 0 bridgehead atoms. The number of hydrogen-bond donors (Lipinski definition) is 0. The molecule has 23 heavy (non-hydrogen) atoms. The second kappa shape index (κ2) is 242. The Balaban J connectivity index is -0.00000000126. The molecule has 0 aliphatic heterocycles. The molecule has 0 radical (unpaired) electrons. The third kappa shape index (κ3) is 26000. The normalized spacial score (nSPS) is 2.09. The van der Waals surface area contributed by atoms with Gasteiger partial charge in [-0.2, -0.15) is 0 Å². The zero-order valence-corrected chi connectivity index (χ0v) is 15.0. The summed E-state index contributed by atoms with van der Waals surface area (Å²) in [6, 6.07) is 0. The van der Waals surface area contributed by atoms with E-state index < -0.39 is 12.3 Å². The van der Waals surface area contributed by atoms with Crippen LogP contribution in [0.3, 0.4) is 0 Å². The fourth-order valence-corrected chi connectivity index (χ4v) is 0. The molecule has 20 N–H and O–H groups in total. The molecule has 0 unspecified atom stereocenters. The Kier molecular flexibility index (Phi) is 2900. The minimum absolute atomic E-state index is 0. The molecule has 0 spiro atoms. The Morgan fingerprint density at radius 1 is 0.391 bits per heavy atom. The van der Waals surface area contributed by atoms with Crippen molar-refractivity contribution in [2.45, 2.75) is 0 Å². The van der Waals surface area contributed by atoms with Crippen LogP contribution in [0.1, 0.15) is 0 Å². The third-order valence-electron chi connectivity index (χ3n) is 0. The SMILES string of the molecule is O.O.O.O.O.O.O.O.O.O.O=C([O-])[O-].O=C([O-])[O-].[Ni+2].[Ni+2].[Ni].[Ni].[Ni]. The summed E-state index contributed by atoms with van der Waals surface area (Å²) in [5.41, 5.74) is 0. The minimum atomic E-state index is -2.33. The van der Waals surface area contributed by atoms with Crippen molar-refractivity contribution >= 4 is 12.3 Å². The van der Waals surface area contributed by atoms with Gasteiger partial charge in [0.25, 0.3) is 0 Å². The number of hydrogen-bond acceptors (Lipinski definition) is 6. The molecule has 0 rings (SSSR count). The van der Waals surface area contributed by atoms with Crippen molar-refractivity contribution in [2.24, 2.45) is 0 Å². The van der Waals surface area contributed by atoms with Crippen molar-refractivity contribution in [2.75, 3.05) is 0 Å². The summed E-state index contributed by atoms with van der Waals surface area (Å²) >= 11 is 0. The number of carboxylic acid groups (broad SMARTS) is 4. The molecule has 0 atom stereocenters. The van der Waals surface area contributed by atoms with Gasteiger partial charge in [-0.15, -0.1) is 0 Å². The van der Waals surface area contributed by atoms with Gasteiger partial charge in [0, 0.05) is 49.5 Å². The number of rotatable bonds is 0. The summed E-state index contributed by atoms with van der Waals surface area (Å²) in [7, 11) is 0. The summed E-state index contributed by atoms with van der Waals surface area (Å²) < 4.78 is 0. The monoisotopic (exact) mass is 590 g/mol. The Morgan fingerprint density at radius 2 is 0.391 bits per heavy atom. The van der Waals surface area contributed by atoms with E-state index in [1.807, 2.05) is 0 Å². The molecule has 0 aromatic rings. The first-order valence-corrected chi connectivity index (χ1v) is 1.22. The van der Waals surface area contributed by atoms with E-state index >= 15 is 0 Å². The van der Waals surface area contributed by atoms with Crippen molar-refractivity contribution in [3.63, 3.8) is 0 Å². The smallest absolute Gasteiger partial charge is 0.652 e. The number of carbonyl (C=O) groups excluding carboxylic acids is 2. The van der Waals surface area contributed by atoms with E-state index in [0.717, 1.165) is 0 Å². The van der Waals surface area contributed by atoms with Crippen LogP contribution < -0.4 is 20.4 Å². The molecule has 0 aliphatic carbocycles. The van der Waals surface area contributed by atoms with E-state index in [0.29, 0.717) is 0 Å². The van der Waals surface area contributed by atoms with E-state index in [2.05, 4.69) is 0 Å². The maximum atomic E-state index is 8.33. The van der Waals surface area contributed by atoms with Gasteiger partial charge in [-0.25, -0.2) is 0 Å². The molecular formula is C2H20Ni5O16. The molecular weight excluding hydrogens is 573 g/mol. The van der Waals surface area contributed by atoms with Gasteiger partial charge in [-0.05, 0) is 12.3 Å². The summed E-state index contributed by atoms with van der Waals surface area (Å²) in [6.07, 6.45) is -4.67. The van der Waals surface area contributed by atoms with Gasteiger partial charge in [-0.3, -0.25) is 0 Å². The van der Waals surface area contributed by atoms with E-state index in [-0.39, 0.29) is 137 Å². The fraction of sp³-hybridized carbons (Fsp3) is 0. The predicted octanol–water partition coefficient (Wildman–Crippen LogP) is -13.2. The summed E-state index contributed by atoms with van der Waals surface area (Å²) in [5.74, 6) is 0. The zero-order valence-electron chi connectivity index (χ0n) is 10.0. The Morgan fingerprint density at radius 3 is 0.391 bits per heavy atom. The first-order valence-electron chi connectivity index (χ1n) is 1.22. The van der Waals surface area contributed by atoms with Gasteiger partial charge in [0.1, 0.15) is 0 Å². The van der Waals surface area contributed by atoms with Crippen LogP contribution in [0.4, 0.5) is 9.59 Å². The molecule has 0 aliphatic rings. The van der Waals surface area contributed by atoms with Gasteiger partial charge < -0.3 is 84.8 Å². The fourth-order valence-electron chi connectivity index (χ4n) is 0. The molecule has 0 heterocycles. The standard InChI is InChI=1S/2CH2O3.5Ni.10H2O/c2*2-1(3)4;;;;;;;;;;;;;;;/h2*(H2,2,3,4);;;;;;10*1H2/q;;;;;2*+2;;;;;;;;;;/p-4. The molecule has 0 amide bonds. The third-order valence-corrected chi connectivity index (χ3v) is 0. The molecule has 0 aromatic carbocycles. The molecule has 0 saturated carbocycles. The van der Waals surface area contributed by atoms with E-state index in [4.69, 9.17) is 30.0 Å². The van der Waals surface area contributed by atoms with E-state index in [1.165, 1.54) is 0 Å².